The summed E-state index contributed by atoms with van der Waals surface area (Å²) in [7, 11) is 0. The van der Waals surface area contributed by atoms with Crippen LogP contribution in [-0.2, 0) is 11.2 Å². The maximum Gasteiger partial charge on any atom is 0.231 e. The van der Waals surface area contributed by atoms with Crippen molar-refractivity contribution in [2.24, 2.45) is 5.73 Å². The molecule has 21 heavy (non-hydrogen) atoms. The van der Waals surface area contributed by atoms with Crippen LogP contribution < -0.4 is 5.73 Å². The van der Waals surface area contributed by atoms with Gasteiger partial charge in [0.2, 0.25) is 5.89 Å². The van der Waals surface area contributed by atoms with Crippen LogP contribution in [0.5, 0.6) is 0 Å². The van der Waals surface area contributed by atoms with Crippen molar-refractivity contribution in [3.8, 4) is 0 Å². The number of benzene rings is 1. The number of rotatable bonds is 7. The van der Waals surface area contributed by atoms with Crippen molar-refractivity contribution in [2.45, 2.75) is 25.8 Å². The molecule has 0 amide bonds. The van der Waals surface area contributed by atoms with Gasteiger partial charge in [-0.1, -0.05) is 24.2 Å². The van der Waals surface area contributed by atoms with Gasteiger partial charge in [0.25, 0.3) is 0 Å². The second-order valence-electron chi connectivity index (χ2n) is 4.62. The average molecular weight is 297 g/mol. The highest BCUT2D eigenvalue weighted by atomic mass is 19.2. The molecule has 0 saturated heterocycles. The van der Waals surface area contributed by atoms with Gasteiger partial charge in [0.1, 0.15) is 0 Å². The van der Waals surface area contributed by atoms with Gasteiger partial charge in [0.05, 0.1) is 19.1 Å². The highest BCUT2D eigenvalue weighted by Crippen LogP contribution is 2.16. The van der Waals surface area contributed by atoms with E-state index in [1.807, 2.05) is 6.92 Å². The summed E-state index contributed by atoms with van der Waals surface area (Å²) in [6.45, 7) is 2.87. The van der Waals surface area contributed by atoms with E-state index in [2.05, 4.69) is 10.1 Å². The Hall–Kier alpha value is -1.86. The Labute approximate surface area is 121 Å². The quantitative estimate of drug-likeness (QED) is 0.794. The van der Waals surface area contributed by atoms with Crippen molar-refractivity contribution in [3.63, 3.8) is 0 Å². The van der Waals surface area contributed by atoms with Crippen LogP contribution in [0.1, 0.15) is 36.7 Å². The number of hydrogen-bond donors (Lipinski definition) is 1. The lowest BCUT2D eigenvalue weighted by Gasteiger charge is -2.06. The lowest BCUT2D eigenvalue weighted by molar-refractivity contribution is 0.119. The summed E-state index contributed by atoms with van der Waals surface area (Å²) in [6.07, 6.45) is 0.905. The van der Waals surface area contributed by atoms with Crippen molar-refractivity contribution >= 4 is 0 Å². The number of halogens is 2. The molecule has 0 bridgehead atoms. The van der Waals surface area contributed by atoms with Gasteiger partial charge < -0.3 is 15.0 Å². The van der Waals surface area contributed by atoms with Crippen LogP contribution in [0, 0.1) is 11.6 Å². The van der Waals surface area contributed by atoms with E-state index in [1.54, 1.807) is 0 Å². The van der Waals surface area contributed by atoms with Gasteiger partial charge in [-0.05, 0) is 12.5 Å². The van der Waals surface area contributed by atoms with Crippen molar-refractivity contribution < 1.29 is 18.0 Å². The van der Waals surface area contributed by atoms with Crippen LogP contribution in [0.3, 0.4) is 0 Å². The third kappa shape index (κ3) is 4.05. The summed E-state index contributed by atoms with van der Waals surface area (Å²) in [5.41, 5.74) is 6.01. The smallest absolute Gasteiger partial charge is 0.231 e. The SMILES string of the molecule is CCCOCC(N)c1noc(Cc2cccc(F)c2F)n1. The molecule has 0 aliphatic carbocycles. The third-order valence-electron chi connectivity index (χ3n) is 2.83. The van der Waals surface area contributed by atoms with Crippen LogP contribution in [0.4, 0.5) is 8.78 Å². The van der Waals surface area contributed by atoms with Crippen LogP contribution in [0.15, 0.2) is 22.7 Å². The Balaban J connectivity index is 2.01. The first-order valence-corrected chi connectivity index (χ1v) is 6.70. The van der Waals surface area contributed by atoms with Crippen LogP contribution >= 0.6 is 0 Å². The minimum Gasteiger partial charge on any atom is -0.379 e. The van der Waals surface area contributed by atoms with Crippen molar-refractivity contribution in [2.75, 3.05) is 13.2 Å². The molecule has 0 aliphatic rings. The molecule has 2 rings (SSSR count). The Morgan fingerprint density at radius 3 is 2.95 bits per heavy atom. The highest BCUT2D eigenvalue weighted by Gasteiger charge is 2.16. The van der Waals surface area contributed by atoms with E-state index in [1.165, 1.54) is 12.1 Å². The number of ether oxygens (including phenoxy) is 1. The fourth-order valence-electron chi connectivity index (χ4n) is 1.77. The Kier molecular flexibility index (Phi) is 5.35. The topological polar surface area (TPSA) is 74.2 Å². The Bertz CT molecular complexity index is 589. The van der Waals surface area contributed by atoms with Crippen LogP contribution in [0.2, 0.25) is 0 Å². The molecule has 0 radical (unpaired) electrons. The van der Waals surface area contributed by atoms with Gasteiger partial charge in [-0.15, -0.1) is 0 Å². The predicted octanol–water partition coefficient (Wildman–Crippen LogP) is 2.37. The standard InChI is InChI=1S/C14H17F2N3O2/c1-2-6-20-8-11(17)14-18-12(21-19-14)7-9-4-3-5-10(15)13(9)16/h3-5,11H,2,6-8,17H2,1H3. The monoisotopic (exact) mass is 297 g/mol. The molecular weight excluding hydrogens is 280 g/mol. The van der Waals surface area contributed by atoms with E-state index in [0.717, 1.165) is 12.5 Å². The zero-order valence-corrected chi connectivity index (χ0v) is 11.7. The van der Waals surface area contributed by atoms with Gasteiger partial charge in [-0.2, -0.15) is 4.98 Å². The average Bonchev–Trinajstić information content (AvgIpc) is 2.93. The first kappa shape index (κ1) is 15.5. The van der Waals surface area contributed by atoms with Gasteiger partial charge in [0.15, 0.2) is 17.5 Å². The minimum absolute atomic E-state index is 0.0130. The molecule has 2 N–H and O–H groups in total. The van der Waals surface area contributed by atoms with E-state index < -0.39 is 17.7 Å². The van der Waals surface area contributed by atoms with E-state index in [4.69, 9.17) is 15.0 Å². The summed E-state index contributed by atoms with van der Waals surface area (Å²) < 4.78 is 37.0. The summed E-state index contributed by atoms with van der Waals surface area (Å²) in [6, 6.07) is 3.44. The lowest BCUT2D eigenvalue weighted by Crippen LogP contribution is -2.18. The second-order valence-corrected chi connectivity index (χ2v) is 4.62. The largest absolute Gasteiger partial charge is 0.379 e. The maximum atomic E-state index is 13.5. The fourth-order valence-corrected chi connectivity index (χ4v) is 1.77. The van der Waals surface area contributed by atoms with E-state index in [-0.39, 0.29) is 30.3 Å². The first-order chi connectivity index (χ1) is 10.1. The molecule has 2 aromatic rings. The van der Waals surface area contributed by atoms with Crippen molar-refractivity contribution in [1.29, 1.82) is 0 Å². The number of nitrogens with two attached hydrogens (primary N) is 1. The predicted molar refractivity (Wildman–Crippen MR) is 71.5 cm³/mol. The Morgan fingerprint density at radius 2 is 2.19 bits per heavy atom. The van der Waals surface area contributed by atoms with Crippen LogP contribution in [-0.4, -0.2) is 23.4 Å². The van der Waals surface area contributed by atoms with Crippen molar-refractivity contribution in [1.82, 2.24) is 10.1 Å². The molecule has 1 aromatic heterocycles. The van der Waals surface area contributed by atoms with E-state index in [9.17, 15) is 8.78 Å². The number of hydrogen-bond acceptors (Lipinski definition) is 5. The van der Waals surface area contributed by atoms with Gasteiger partial charge in [-0.3, -0.25) is 0 Å². The number of aromatic nitrogens is 2. The lowest BCUT2D eigenvalue weighted by atomic mass is 10.1. The maximum absolute atomic E-state index is 13.5. The molecule has 0 spiro atoms. The van der Waals surface area contributed by atoms with Crippen molar-refractivity contribution in [3.05, 3.63) is 47.1 Å². The molecule has 1 unspecified atom stereocenters. The summed E-state index contributed by atoms with van der Waals surface area (Å²) in [5.74, 6) is -1.34. The van der Waals surface area contributed by atoms with E-state index >= 15 is 0 Å². The van der Waals surface area contributed by atoms with E-state index in [0.29, 0.717) is 6.61 Å². The fraction of sp³-hybridized carbons (Fsp3) is 0.429. The first-order valence-electron chi connectivity index (χ1n) is 6.70. The van der Waals surface area contributed by atoms with Gasteiger partial charge in [-0.25, -0.2) is 8.78 Å². The molecule has 1 aromatic carbocycles. The molecule has 7 heteroatoms. The second kappa shape index (κ2) is 7.24. The molecule has 1 atom stereocenters. The van der Waals surface area contributed by atoms with Gasteiger partial charge in [0, 0.05) is 12.2 Å². The Morgan fingerprint density at radius 1 is 1.38 bits per heavy atom. The van der Waals surface area contributed by atoms with Gasteiger partial charge >= 0.3 is 0 Å². The molecule has 0 fully saturated rings. The normalized spacial score (nSPS) is 12.6. The summed E-state index contributed by atoms with van der Waals surface area (Å²) in [4.78, 5) is 4.08. The minimum atomic E-state index is -0.909. The molecule has 0 aliphatic heterocycles. The molecular formula is C14H17F2N3O2. The summed E-state index contributed by atoms with van der Waals surface area (Å²) in [5, 5.41) is 3.74. The zero-order valence-electron chi connectivity index (χ0n) is 11.7. The third-order valence-corrected chi connectivity index (χ3v) is 2.83. The number of nitrogens with zero attached hydrogens (tertiary/aromatic N) is 2. The van der Waals surface area contributed by atoms with Crippen LogP contribution in [0.25, 0.3) is 0 Å². The molecule has 1 heterocycles. The zero-order chi connectivity index (χ0) is 15.2. The molecule has 114 valence electrons. The molecule has 0 saturated carbocycles. The highest BCUT2D eigenvalue weighted by molar-refractivity contribution is 5.21. The molecule has 5 nitrogen and oxygen atoms in total. The summed E-state index contributed by atoms with van der Waals surface area (Å²) >= 11 is 0.